The lowest BCUT2D eigenvalue weighted by atomic mass is 9.92. The number of aromatic nitrogens is 4. The van der Waals surface area contributed by atoms with Crippen LogP contribution in [0.4, 0.5) is 0 Å². The Kier molecular flexibility index (Phi) is 6.15. The Hall–Kier alpha value is -2.99. The maximum absolute atomic E-state index is 12.8. The lowest BCUT2D eigenvalue weighted by Gasteiger charge is -2.23. The second-order valence-electron chi connectivity index (χ2n) is 9.21. The third-order valence-electron chi connectivity index (χ3n) is 6.56. The van der Waals surface area contributed by atoms with Crippen LogP contribution in [0.2, 0.25) is 0 Å². The molecule has 168 valence electrons. The SMILES string of the molecule is CCC(C)c1ccc(C(NCc2nnc3n(C)c(=O)c4cc(C)ccc4n23)C(C)C)cc1. The molecule has 2 heterocycles. The maximum Gasteiger partial charge on any atom is 0.262 e. The van der Waals surface area contributed by atoms with E-state index in [2.05, 4.69) is 67.5 Å². The summed E-state index contributed by atoms with van der Waals surface area (Å²) in [4.78, 5) is 12.8. The van der Waals surface area contributed by atoms with Gasteiger partial charge < -0.3 is 5.32 Å². The summed E-state index contributed by atoms with van der Waals surface area (Å²) in [5.74, 6) is 2.33. The van der Waals surface area contributed by atoms with Crippen LogP contribution in [-0.4, -0.2) is 19.2 Å². The number of nitrogens with one attached hydrogen (secondary N) is 1. The lowest BCUT2D eigenvalue weighted by Crippen LogP contribution is -2.27. The van der Waals surface area contributed by atoms with Crippen LogP contribution in [0.15, 0.2) is 47.3 Å². The molecule has 6 heteroatoms. The van der Waals surface area contributed by atoms with E-state index in [4.69, 9.17) is 0 Å². The molecule has 0 saturated heterocycles. The standard InChI is InChI=1S/C26H33N5O/c1-7-18(5)19-9-11-20(12-10-19)24(16(2)3)27-15-23-28-29-26-30(6)25(32)21-14-17(4)8-13-22(21)31(23)26/h8-14,16,18,24,27H,7,15H2,1-6H3. The highest BCUT2D eigenvalue weighted by Gasteiger charge is 2.19. The van der Waals surface area contributed by atoms with Crippen molar-refractivity contribution in [1.29, 1.82) is 0 Å². The molecule has 4 aromatic rings. The quantitative estimate of drug-likeness (QED) is 0.452. The van der Waals surface area contributed by atoms with Crippen LogP contribution in [0.3, 0.4) is 0 Å². The molecule has 0 saturated carbocycles. The highest BCUT2D eigenvalue weighted by Crippen LogP contribution is 2.26. The zero-order chi connectivity index (χ0) is 23.0. The zero-order valence-electron chi connectivity index (χ0n) is 19.9. The average molecular weight is 432 g/mol. The number of benzene rings is 2. The van der Waals surface area contributed by atoms with Crippen LogP contribution in [0.25, 0.3) is 16.7 Å². The zero-order valence-corrected chi connectivity index (χ0v) is 19.9. The van der Waals surface area contributed by atoms with Crippen LogP contribution >= 0.6 is 0 Å². The Morgan fingerprint density at radius 2 is 1.69 bits per heavy atom. The van der Waals surface area contributed by atoms with Crippen molar-refractivity contribution >= 4 is 16.7 Å². The summed E-state index contributed by atoms with van der Waals surface area (Å²) in [6.07, 6.45) is 1.14. The van der Waals surface area contributed by atoms with Gasteiger partial charge in [0.05, 0.1) is 17.4 Å². The maximum atomic E-state index is 12.8. The smallest absolute Gasteiger partial charge is 0.262 e. The molecule has 0 aliphatic rings. The first-order valence-electron chi connectivity index (χ1n) is 11.5. The van der Waals surface area contributed by atoms with Gasteiger partial charge in [-0.25, -0.2) is 0 Å². The van der Waals surface area contributed by atoms with Crippen molar-refractivity contribution in [3.05, 3.63) is 75.3 Å². The monoisotopic (exact) mass is 431 g/mol. The summed E-state index contributed by atoms with van der Waals surface area (Å²) >= 11 is 0. The molecule has 2 unspecified atom stereocenters. The minimum Gasteiger partial charge on any atom is -0.303 e. The second kappa shape index (κ2) is 8.87. The van der Waals surface area contributed by atoms with Crippen LogP contribution in [0.1, 0.15) is 68.6 Å². The summed E-state index contributed by atoms with van der Waals surface area (Å²) < 4.78 is 3.57. The summed E-state index contributed by atoms with van der Waals surface area (Å²) in [5, 5.41) is 13.1. The molecule has 0 radical (unpaired) electrons. The molecule has 0 bridgehead atoms. The van der Waals surface area contributed by atoms with E-state index in [1.165, 1.54) is 11.1 Å². The average Bonchev–Trinajstić information content (AvgIpc) is 3.21. The molecule has 2 atom stereocenters. The van der Waals surface area contributed by atoms with E-state index in [1.807, 2.05) is 29.5 Å². The van der Waals surface area contributed by atoms with Gasteiger partial charge in [-0.1, -0.05) is 63.6 Å². The van der Waals surface area contributed by atoms with E-state index in [0.29, 0.717) is 29.5 Å². The van der Waals surface area contributed by atoms with Crippen molar-refractivity contribution in [1.82, 2.24) is 24.5 Å². The molecule has 2 aromatic carbocycles. The molecule has 1 N–H and O–H groups in total. The van der Waals surface area contributed by atoms with Gasteiger partial charge >= 0.3 is 0 Å². The van der Waals surface area contributed by atoms with Crippen molar-refractivity contribution in [3.8, 4) is 0 Å². The van der Waals surface area contributed by atoms with E-state index in [-0.39, 0.29) is 11.6 Å². The number of rotatable bonds is 7. The first-order chi connectivity index (χ1) is 15.3. The number of aryl methyl sites for hydroxylation is 2. The summed E-state index contributed by atoms with van der Waals surface area (Å²) in [6.45, 7) is 11.5. The highest BCUT2D eigenvalue weighted by molar-refractivity contribution is 5.81. The molecule has 6 nitrogen and oxygen atoms in total. The van der Waals surface area contributed by atoms with Gasteiger partial charge in [0.15, 0.2) is 5.82 Å². The highest BCUT2D eigenvalue weighted by atomic mass is 16.1. The second-order valence-corrected chi connectivity index (χ2v) is 9.21. The molecule has 0 spiro atoms. The van der Waals surface area contributed by atoms with E-state index in [0.717, 1.165) is 23.3 Å². The van der Waals surface area contributed by atoms with Crippen LogP contribution in [0.5, 0.6) is 0 Å². The fourth-order valence-corrected chi connectivity index (χ4v) is 4.38. The van der Waals surface area contributed by atoms with Gasteiger partial charge in [-0.05, 0) is 48.4 Å². The molecule has 0 aliphatic heterocycles. The van der Waals surface area contributed by atoms with Gasteiger partial charge in [-0.2, -0.15) is 0 Å². The summed E-state index contributed by atoms with van der Waals surface area (Å²) in [6, 6.07) is 15.1. The van der Waals surface area contributed by atoms with Gasteiger partial charge in [-0.3, -0.25) is 13.8 Å². The van der Waals surface area contributed by atoms with Crippen molar-refractivity contribution in [3.63, 3.8) is 0 Å². The molecule has 2 aromatic heterocycles. The molecular weight excluding hydrogens is 398 g/mol. The fraction of sp³-hybridized carbons (Fsp3) is 0.423. The number of fused-ring (bicyclic) bond motifs is 3. The Labute approximate surface area is 189 Å². The van der Waals surface area contributed by atoms with Gasteiger partial charge in [0.25, 0.3) is 5.56 Å². The third-order valence-corrected chi connectivity index (χ3v) is 6.56. The first kappa shape index (κ1) is 22.2. The normalized spacial score (nSPS) is 13.8. The van der Waals surface area contributed by atoms with E-state index in [9.17, 15) is 4.79 Å². The molecule has 0 aliphatic carbocycles. The topological polar surface area (TPSA) is 64.2 Å². The van der Waals surface area contributed by atoms with E-state index in [1.54, 1.807) is 11.6 Å². The Morgan fingerprint density at radius 3 is 2.34 bits per heavy atom. The van der Waals surface area contributed by atoms with Crippen LogP contribution in [0, 0.1) is 12.8 Å². The molecule has 32 heavy (non-hydrogen) atoms. The van der Waals surface area contributed by atoms with Crippen molar-refractivity contribution in [2.75, 3.05) is 0 Å². The van der Waals surface area contributed by atoms with Gasteiger partial charge in [0.2, 0.25) is 5.78 Å². The van der Waals surface area contributed by atoms with Gasteiger partial charge in [0.1, 0.15) is 0 Å². The Balaban J connectivity index is 1.68. The molecule has 4 rings (SSSR count). The Bertz CT molecular complexity index is 1300. The fourth-order valence-electron chi connectivity index (χ4n) is 4.38. The predicted molar refractivity (Wildman–Crippen MR) is 130 cm³/mol. The van der Waals surface area contributed by atoms with Crippen LogP contribution in [-0.2, 0) is 13.6 Å². The minimum atomic E-state index is -0.0513. The summed E-state index contributed by atoms with van der Waals surface area (Å²) in [5.41, 5.74) is 4.50. The predicted octanol–water partition coefficient (Wildman–Crippen LogP) is 4.89. The number of nitrogens with zero attached hydrogens (tertiary/aromatic N) is 4. The molecular formula is C26H33N5O. The lowest BCUT2D eigenvalue weighted by molar-refractivity contribution is 0.405. The largest absolute Gasteiger partial charge is 0.303 e. The van der Waals surface area contributed by atoms with Gasteiger partial charge in [0, 0.05) is 13.1 Å². The molecule has 0 fully saturated rings. The van der Waals surface area contributed by atoms with Crippen molar-refractivity contribution in [2.24, 2.45) is 13.0 Å². The minimum absolute atomic E-state index is 0.0513. The van der Waals surface area contributed by atoms with E-state index < -0.39 is 0 Å². The number of hydrogen-bond acceptors (Lipinski definition) is 4. The van der Waals surface area contributed by atoms with Gasteiger partial charge in [-0.15, -0.1) is 10.2 Å². The van der Waals surface area contributed by atoms with E-state index >= 15 is 0 Å². The van der Waals surface area contributed by atoms with Crippen LogP contribution < -0.4 is 10.9 Å². The molecule has 0 amide bonds. The number of hydrogen-bond donors (Lipinski definition) is 1. The third kappa shape index (κ3) is 3.95. The van der Waals surface area contributed by atoms with Crippen molar-refractivity contribution in [2.45, 2.75) is 59.5 Å². The van der Waals surface area contributed by atoms with Crippen molar-refractivity contribution < 1.29 is 0 Å². The Morgan fingerprint density at radius 1 is 1.00 bits per heavy atom. The first-order valence-corrected chi connectivity index (χ1v) is 11.5. The summed E-state index contributed by atoms with van der Waals surface area (Å²) in [7, 11) is 1.75.